The lowest BCUT2D eigenvalue weighted by Gasteiger charge is -2.07. The van der Waals surface area contributed by atoms with E-state index in [2.05, 4.69) is 5.10 Å². The molecule has 2 heterocycles. The highest BCUT2D eigenvalue weighted by atomic mass is 32.1. The van der Waals surface area contributed by atoms with Crippen LogP contribution in [0.2, 0.25) is 0 Å². The summed E-state index contributed by atoms with van der Waals surface area (Å²) in [6.07, 6.45) is 1.68. The average Bonchev–Trinajstić information content (AvgIpc) is 3.04. The summed E-state index contributed by atoms with van der Waals surface area (Å²) in [4.78, 5) is 11.7. The number of thiophene rings is 1. The summed E-state index contributed by atoms with van der Waals surface area (Å²) in [7, 11) is 1.82. The van der Waals surface area contributed by atoms with Crippen molar-refractivity contribution in [3.8, 4) is 22.1 Å². The molecule has 0 radical (unpaired) electrons. The third-order valence-corrected chi connectivity index (χ3v) is 4.50. The Morgan fingerprint density at radius 3 is 2.59 bits per heavy atom. The Balaban J connectivity index is 2.14. The van der Waals surface area contributed by atoms with Gasteiger partial charge in [-0.3, -0.25) is 4.68 Å². The molecule has 5 nitrogen and oxygen atoms in total. The third kappa shape index (κ3) is 2.48. The minimum absolute atomic E-state index is 0.280. The van der Waals surface area contributed by atoms with Gasteiger partial charge in [-0.1, -0.05) is 29.5 Å². The molecular formula is C16H14N2O3S. The van der Waals surface area contributed by atoms with Crippen LogP contribution in [0.25, 0.3) is 11.3 Å². The maximum absolute atomic E-state index is 11.4. The van der Waals surface area contributed by atoms with E-state index < -0.39 is 5.97 Å². The van der Waals surface area contributed by atoms with Crippen molar-refractivity contribution in [2.24, 2.45) is 7.05 Å². The van der Waals surface area contributed by atoms with Gasteiger partial charge in [0.15, 0.2) is 5.06 Å². The first-order chi connectivity index (χ1) is 10.6. The van der Waals surface area contributed by atoms with Crippen molar-refractivity contribution >= 4 is 17.3 Å². The molecule has 0 spiro atoms. The molecule has 0 saturated carbocycles. The second kappa shape index (κ2) is 5.65. The molecule has 0 atom stereocenters. The van der Waals surface area contributed by atoms with Crippen molar-refractivity contribution in [2.75, 3.05) is 0 Å². The van der Waals surface area contributed by atoms with Gasteiger partial charge in [0, 0.05) is 13.2 Å². The molecule has 112 valence electrons. The first kappa shape index (κ1) is 14.3. The number of para-hydroxylation sites is 1. The summed E-state index contributed by atoms with van der Waals surface area (Å²) in [5.74, 6) is -0.280. The SMILES string of the molecule is Cc1c(C(=O)O)sc(Oc2ccccc2)c1-c1ccnn1C. The molecule has 1 N–H and O–H groups in total. The lowest BCUT2D eigenvalue weighted by Crippen LogP contribution is -1.97. The van der Waals surface area contributed by atoms with Crippen molar-refractivity contribution in [3.05, 3.63) is 53.0 Å². The number of ether oxygens (including phenoxy) is 1. The fourth-order valence-electron chi connectivity index (χ4n) is 2.27. The van der Waals surface area contributed by atoms with Crippen molar-refractivity contribution in [2.45, 2.75) is 6.92 Å². The number of nitrogens with zero attached hydrogens (tertiary/aromatic N) is 2. The van der Waals surface area contributed by atoms with Crippen LogP contribution in [-0.2, 0) is 7.05 Å². The number of benzene rings is 1. The number of aryl methyl sites for hydroxylation is 1. The molecule has 6 heteroatoms. The molecule has 0 aliphatic heterocycles. The first-order valence-electron chi connectivity index (χ1n) is 6.66. The average molecular weight is 314 g/mol. The van der Waals surface area contributed by atoms with Crippen LogP contribution in [0.5, 0.6) is 10.8 Å². The summed E-state index contributed by atoms with van der Waals surface area (Å²) in [5, 5.41) is 14.1. The van der Waals surface area contributed by atoms with Gasteiger partial charge in [0.25, 0.3) is 0 Å². The molecule has 3 aromatic rings. The van der Waals surface area contributed by atoms with Gasteiger partial charge < -0.3 is 9.84 Å². The van der Waals surface area contributed by atoms with Crippen LogP contribution in [0.3, 0.4) is 0 Å². The lowest BCUT2D eigenvalue weighted by atomic mass is 10.1. The van der Waals surface area contributed by atoms with E-state index in [1.54, 1.807) is 17.8 Å². The number of carboxylic acid groups (broad SMARTS) is 1. The number of carboxylic acids is 1. The second-order valence-electron chi connectivity index (χ2n) is 4.78. The van der Waals surface area contributed by atoms with E-state index in [4.69, 9.17) is 4.74 Å². The van der Waals surface area contributed by atoms with E-state index in [0.717, 1.165) is 22.6 Å². The van der Waals surface area contributed by atoms with E-state index in [1.165, 1.54) is 0 Å². The molecule has 0 aliphatic rings. The van der Waals surface area contributed by atoms with Crippen LogP contribution < -0.4 is 4.74 Å². The maximum atomic E-state index is 11.4. The fourth-order valence-corrected chi connectivity index (χ4v) is 3.30. The number of hydrogen-bond acceptors (Lipinski definition) is 4. The Hall–Kier alpha value is -2.60. The highest BCUT2D eigenvalue weighted by molar-refractivity contribution is 7.16. The van der Waals surface area contributed by atoms with Crippen LogP contribution >= 0.6 is 11.3 Å². The molecule has 0 unspecified atom stereocenters. The van der Waals surface area contributed by atoms with Crippen LogP contribution in [0.1, 0.15) is 15.2 Å². The number of carbonyl (C=O) groups is 1. The molecule has 0 amide bonds. The Kier molecular flexibility index (Phi) is 3.68. The molecule has 1 aromatic carbocycles. The van der Waals surface area contributed by atoms with Gasteiger partial charge in [-0.2, -0.15) is 5.10 Å². The summed E-state index contributed by atoms with van der Waals surface area (Å²) in [5.41, 5.74) is 2.28. The Morgan fingerprint density at radius 2 is 2.00 bits per heavy atom. The van der Waals surface area contributed by atoms with E-state index in [9.17, 15) is 9.90 Å². The molecular weight excluding hydrogens is 300 g/mol. The number of aromatic carboxylic acids is 1. The maximum Gasteiger partial charge on any atom is 0.346 e. The van der Waals surface area contributed by atoms with Crippen molar-refractivity contribution < 1.29 is 14.6 Å². The minimum atomic E-state index is -0.950. The normalized spacial score (nSPS) is 10.6. The van der Waals surface area contributed by atoms with Gasteiger partial charge in [0.05, 0.1) is 11.3 Å². The largest absolute Gasteiger partial charge is 0.477 e. The van der Waals surface area contributed by atoms with Gasteiger partial charge in [-0.05, 0) is 30.7 Å². The van der Waals surface area contributed by atoms with Crippen LogP contribution in [0, 0.1) is 6.92 Å². The number of hydrogen-bond donors (Lipinski definition) is 1. The van der Waals surface area contributed by atoms with E-state index in [-0.39, 0.29) is 4.88 Å². The van der Waals surface area contributed by atoms with Crippen molar-refractivity contribution in [1.82, 2.24) is 9.78 Å². The summed E-state index contributed by atoms with van der Waals surface area (Å²) in [6, 6.07) is 11.2. The molecule has 22 heavy (non-hydrogen) atoms. The highest BCUT2D eigenvalue weighted by Crippen LogP contribution is 2.44. The molecule has 2 aromatic heterocycles. The summed E-state index contributed by atoms with van der Waals surface area (Å²) >= 11 is 1.13. The zero-order chi connectivity index (χ0) is 15.7. The molecule has 3 rings (SSSR count). The van der Waals surface area contributed by atoms with Gasteiger partial charge in [0.1, 0.15) is 10.6 Å². The number of aromatic nitrogens is 2. The van der Waals surface area contributed by atoms with Crippen molar-refractivity contribution in [1.29, 1.82) is 0 Å². The second-order valence-corrected chi connectivity index (χ2v) is 5.76. The zero-order valence-electron chi connectivity index (χ0n) is 12.1. The Labute approximate surface area is 131 Å². The summed E-state index contributed by atoms with van der Waals surface area (Å²) in [6.45, 7) is 1.79. The zero-order valence-corrected chi connectivity index (χ0v) is 12.9. The van der Waals surface area contributed by atoms with Gasteiger partial charge in [-0.25, -0.2) is 4.79 Å². The smallest absolute Gasteiger partial charge is 0.346 e. The van der Waals surface area contributed by atoms with Gasteiger partial charge >= 0.3 is 5.97 Å². The number of rotatable bonds is 4. The lowest BCUT2D eigenvalue weighted by molar-refractivity contribution is 0.0701. The Bertz CT molecular complexity index is 821. The molecule has 0 aliphatic carbocycles. The first-order valence-corrected chi connectivity index (χ1v) is 7.47. The topological polar surface area (TPSA) is 64.3 Å². The molecule has 0 bridgehead atoms. The van der Waals surface area contributed by atoms with E-state index >= 15 is 0 Å². The van der Waals surface area contributed by atoms with Crippen LogP contribution in [0.15, 0.2) is 42.6 Å². The fraction of sp³-hybridized carbons (Fsp3) is 0.125. The molecule has 0 fully saturated rings. The minimum Gasteiger partial charge on any atom is -0.477 e. The van der Waals surface area contributed by atoms with Gasteiger partial charge in [-0.15, -0.1) is 0 Å². The predicted octanol–water partition coefficient (Wildman–Crippen LogP) is 3.95. The van der Waals surface area contributed by atoms with Crippen molar-refractivity contribution in [3.63, 3.8) is 0 Å². The van der Waals surface area contributed by atoms with Crippen LogP contribution in [0.4, 0.5) is 0 Å². The Morgan fingerprint density at radius 1 is 1.27 bits per heavy atom. The standard InChI is InChI=1S/C16H14N2O3S/c1-10-13(12-8-9-17-18(12)2)16(22-14(10)15(19)20)21-11-6-4-3-5-7-11/h3-9H,1-2H3,(H,19,20). The van der Waals surface area contributed by atoms with E-state index in [1.807, 2.05) is 43.4 Å². The monoisotopic (exact) mass is 314 g/mol. The molecule has 0 saturated heterocycles. The van der Waals surface area contributed by atoms with Crippen LogP contribution in [-0.4, -0.2) is 20.9 Å². The quantitative estimate of drug-likeness (QED) is 0.792. The summed E-state index contributed by atoms with van der Waals surface area (Å²) < 4.78 is 7.62. The van der Waals surface area contributed by atoms with Gasteiger partial charge in [0.2, 0.25) is 0 Å². The highest BCUT2D eigenvalue weighted by Gasteiger charge is 2.24. The van der Waals surface area contributed by atoms with E-state index in [0.29, 0.717) is 16.4 Å². The predicted molar refractivity (Wildman–Crippen MR) is 84.7 cm³/mol. The third-order valence-electron chi connectivity index (χ3n) is 3.34.